The highest BCUT2D eigenvalue weighted by molar-refractivity contribution is 6.31. The number of nitrogens with zero attached hydrogens (tertiary/aromatic N) is 1. The molecule has 20 heavy (non-hydrogen) atoms. The van der Waals surface area contributed by atoms with Crippen LogP contribution >= 0.6 is 11.6 Å². The molecule has 0 spiro atoms. The second-order valence-electron chi connectivity index (χ2n) is 5.49. The van der Waals surface area contributed by atoms with Crippen LogP contribution in [0.5, 0.6) is 0 Å². The Morgan fingerprint density at radius 1 is 1.45 bits per heavy atom. The van der Waals surface area contributed by atoms with Crippen molar-refractivity contribution in [1.29, 1.82) is 0 Å². The molecule has 1 aromatic carbocycles. The molecule has 0 radical (unpaired) electrons. The highest BCUT2D eigenvalue weighted by Gasteiger charge is 2.35. The molecule has 108 valence electrons. The van der Waals surface area contributed by atoms with E-state index in [1.165, 1.54) is 18.9 Å². The fraction of sp³-hybridized carbons (Fsp3) is 0.533. The zero-order valence-electron chi connectivity index (χ0n) is 11.2. The topological polar surface area (TPSA) is 49.8 Å². The minimum Gasteiger partial charge on any atom is -0.478 e. The zero-order valence-corrected chi connectivity index (χ0v) is 12.0. The minimum atomic E-state index is -0.944. The molecule has 2 unspecified atom stereocenters. The molecular formula is C15H18ClNO3. The lowest BCUT2D eigenvalue weighted by atomic mass is 10.1. The van der Waals surface area contributed by atoms with Crippen molar-refractivity contribution < 1.29 is 14.6 Å². The van der Waals surface area contributed by atoms with Gasteiger partial charge >= 0.3 is 5.97 Å². The van der Waals surface area contributed by atoms with Crippen molar-refractivity contribution in [2.45, 2.75) is 38.0 Å². The number of rotatable bonds is 3. The van der Waals surface area contributed by atoms with Gasteiger partial charge in [-0.25, -0.2) is 4.79 Å². The molecule has 0 bridgehead atoms. The van der Waals surface area contributed by atoms with Crippen LogP contribution in [0.1, 0.15) is 35.2 Å². The molecule has 1 aromatic rings. The van der Waals surface area contributed by atoms with Gasteiger partial charge in [0.1, 0.15) is 0 Å². The maximum Gasteiger partial charge on any atom is 0.335 e. The van der Waals surface area contributed by atoms with E-state index in [9.17, 15) is 4.79 Å². The van der Waals surface area contributed by atoms with Gasteiger partial charge in [0.15, 0.2) is 0 Å². The standard InChI is InChI=1S/C15H18ClNO3/c16-12-8-10(15(18)19)4-5-11(12)9-17-6-7-20-14-3-1-2-13(14)17/h4-5,8,13-14H,1-3,6-7,9H2,(H,18,19). The Kier molecular flexibility index (Phi) is 3.96. The molecule has 1 saturated heterocycles. The predicted molar refractivity (Wildman–Crippen MR) is 76.2 cm³/mol. The van der Waals surface area contributed by atoms with Gasteiger partial charge in [-0.3, -0.25) is 4.90 Å². The quantitative estimate of drug-likeness (QED) is 0.931. The second-order valence-corrected chi connectivity index (χ2v) is 5.90. The fourth-order valence-electron chi connectivity index (χ4n) is 3.23. The predicted octanol–water partition coefficient (Wildman–Crippen LogP) is 2.79. The van der Waals surface area contributed by atoms with Crippen LogP contribution in [0.3, 0.4) is 0 Å². The molecule has 1 aliphatic carbocycles. The van der Waals surface area contributed by atoms with Gasteiger partial charge in [-0.2, -0.15) is 0 Å². The van der Waals surface area contributed by atoms with E-state index in [1.54, 1.807) is 6.07 Å². The molecule has 2 atom stereocenters. The summed E-state index contributed by atoms with van der Waals surface area (Å²) in [6, 6.07) is 5.46. The molecule has 4 nitrogen and oxygen atoms in total. The van der Waals surface area contributed by atoms with Crippen molar-refractivity contribution in [2.24, 2.45) is 0 Å². The summed E-state index contributed by atoms with van der Waals surface area (Å²) in [5.74, 6) is -0.944. The third kappa shape index (κ3) is 2.68. The van der Waals surface area contributed by atoms with Crippen LogP contribution in [0, 0.1) is 0 Å². The summed E-state index contributed by atoms with van der Waals surface area (Å²) in [4.78, 5) is 13.3. The van der Waals surface area contributed by atoms with Gasteiger partial charge < -0.3 is 9.84 Å². The van der Waals surface area contributed by atoms with E-state index in [0.717, 1.165) is 31.7 Å². The minimum absolute atomic E-state index is 0.236. The molecule has 0 aromatic heterocycles. The number of ether oxygens (including phenoxy) is 1. The van der Waals surface area contributed by atoms with Crippen molar-refractivity contribution in [3.05, 3.63) is 34.3 Å². The van der Waals surface area contributed by atoms with Crippen LogP contribution in [-0.2, 0) is 11.3 Å². The van der Waals surface area contributed by atoms with E-state index in [2.05, 4.69) is 4.90 Å². The molecule has 1 saturated carbocycles. The van der Waals surface area contributed by atoms with Crippen LogP contribution in [0.25, 0.3) is 0 Å². The lowest BCUT2D eigenvalue weighted by Crippen LogP contribution is -2.47. The van der Waals surface area contributed by atoms with Crippen LogP contribution in [0.2, 0.25) is 5.02 Å². The van der Waals surface area contributed by atoms with Crippen LogP contribution in [0.4, 0.5) is 0 Å². The SMILES string of the molecule is O=C(O)c1ccc(CN2CCOC3CCCC32)c(Cl)c1. The van der Waals surface area contributed by atoms with Crippen LogP contribution in [-0.4, -0.2) is 41.3 Å². The van der Waals surface area contributed by atoms with Crippen molar-refractivity contribution in [3.8, 4) is 0 Å². The van der Waals surface area contributed by atoms with E-state index >= 15 is 0 Å². The van der Waals surface area contributed by atoms with Gasteiger partial charge in [0.05, 0.1) is 18.3 Å². The first kappa shape index (κ1) is 13.9. The Labute approximate surface area is 123 Å². The van der Waals surface area contributed by atoms with Crippen molar-refractivity contribution in [2.75, 3.05) is 13.2 Å². The molecule has 5 heteroatoms. The van der Waals surface area contributed by atoms with Gasteiger partial charge in [0, 0.05) is 24.2 Å². The van der Waals surface area contributed by atoms with E-state index in [-0.39, 0.29) is 5.56 Å². The lowest BCUT2D eigenvalue weighted by Gasteiger charge is -2.37. The Morgan fingerprint density at radius 3 is 3.05 bits per heavy atom. The molecular weight excluding hydrogens is 278 g/mol. The first-order valence-corrected chi connectivity index (χ1v) is 7.40. The Morgan fingerprint density at radius 2 is 2.30 bits per heavy atom. The number of morpholine rings is 1. The van der Waals surface area contributed by atoms with E-state index in [1.807, 2.05) is 6.07 Å². The van der Waals surface area contributed by atoms with Gasteiger partial charge in [-0.05, 0) is 37.0 Å². The summed E-state index contributed by atoms with van der Waals surface area (Å²) >= 11 is 6.21. The van der Waals surface area contributed by atoms with Crippen molar-refractivity contribution >= 4 is 17.6 Å². The average Bonchev–Trinajstić information content (AvgIpc) is 2.90. The molecule has 2 aliphatic rings. The zero-order chi connectivity index (χ0) is 14.1. The summed E-state index contributed by atoms with van der Waals surface area (Å²) in [5.41, 5.74) is 1.23. The smallest absolute Gasteiger partial charge is 0.335 e. The number of carboxylic acid groups (broad SMARTS) is 1. The number of benzene rings is 1. The van der Waals surface area contributed by atoms with E-state index in [4.69, 9.17) is 21.4 Å². The molecule has 1 N–H and O–H groups in total. The number of carboxylic acids is 1. The van der Waals surface area contributed by atoms with Gasteiger partial charge in [0.2, 0.25) is 0 Å². The number of aromatic carboxylic acids is 1. The Bertz CT molecular complexity index is 520. The number of fused-ring (bicyclic) bond motifs is 1. The molecule has 2 fully saturated rings. The highest BCUT2D eigenvalue weighted by Crippen LogP contribution is 2.31. The summed E-state index contributed by atoms with van der Waals surface area (Å²) < 4.78 is 5.80. The molecule has 1 heterocycles. The maximum atomic E-state index is 10.9. The summed E-state index contributed by atoms with van der Waals surface area (Å²) in [6.45, 7) is 2.45. The Hall–Kier alpha value is -1.10. The fourth-order valence-corrected chi connectivity index (χ4v) is 3.47. The number of carbonyl (C=O) groups is 1. The van der Waals surface area contributed by atoms with Crippen LogP contribution in [0.15, 0.2) is 18.2 Å². The van der Waals surface area contributed by atoms with Gasteiger partial charge in [-0.1, -0.05) is 17.7 Å². The van der Waals surface area contributed by atoms with Crippen molar-refractivity contribution in [3.63, 3.8) is 0 Å². The Balaban J connectivity index is 1.75. The highest BCUT2D eigenvalue weighted by atomic mass is 35.5. The maximum absolute atomic E-state index is 10.9. The first-order chi connectivity index (χ1) is 9.65. The number of halogens is 1. The summed E-state index contributed by atoms with van der Waals surface area (Å²) in [7, 11) is 0. The first-order valence-electron chi connectivity index (χ1n) is 7.02. The largest absolute Gasteiger partial charge is 0.478 e. The van der Waals surface area contributed by atoms with E-state index in [0.29, 0.717) is 17.2 Å². The van der Waals surface area contributed by atoms with E-state index < -0.39 is 5.97 Å². The monoisotopic (exact) mass is 295 g/mol. The third-order valence-electron chi connectivity index (χ3n) is 4.27. The molecule has 0 amide bonds. The van der Waals surface area contributed by atoms with Crippen LogP contribution < -0.4 is 0 Å². The van der Waals surface area contributed by atoms with Gasteiger partial charge in [0.25, 0.3) is 0 Å². The number of hydrogen-bond donors (Lipinski definition) is 1. The van der Waals surface area contributed by atoms with Gasteiger partial charge in [-0.15, -0.1) is 0 Å². The van der Waals surface area contributed by atoms with Crippen molar-refractivity contribution in [1.82, 2.24) is 4.90 Å². The average molecular weight is 296 g/mol. The second kappa shape index (κ2) is 5.72. The molecule has 1 aliphatic heterocycles. The normalized spacial score (nSPS) is 26.4. The molecule has 3 rings (SSSR count). The third-order valence-corrected chi connectivity index (χ3v) is 4.62. The summed E-state index contributed by atoms with van der Waals surface area (Å²) in [5, 5.41) is 9.49. The number of hydrogen-bond acceptors (Lipinski definition) is 3. The summed E-state index contributed by atoms with van der Waals surface area (Å²) in [6.07, 6.45) is 3.90. The lowest BCUT2D eigenvalue weighted by molar-refractivity contribution is -0.0588.